The van der Waals surface area contributed by atoms with Crippen molar-refractivity contribution in [3.8, 4) is 0 Å². The van der Waals surface area contributed by atoms with Gasteiger partial charge in [0.2, 0.25) is 5.91 Å². The molecule has 18 heavy (non-hydrogen) atoms. The third-order valence-corrected chi connectivity index (χ3v) is 4.34. The molecule has 1 rings (SSSR count). The van der Waals surface area contributed by atoms with Gasteiger partial charge in [-0.05, 0) is 30.5 Å². The molecule has 0 bridgehead atoms. The SMILES string of the molecule is CCC(CC)(CBr)NC(=O)Cc1cccc(F)c1. The minimum atomic E-state index is -0.307. The first-order chi connectivity index (χ1) is 8.55. The van der Waals surface area contributed by atoms with Gasteiger partial charge in [-0.25, -0.2) is 4.39 Å². The Kier molecular flexibility index (Phi) is 5.79. The largest absolute Gasteiger partial charge is 0.350 e. The highest BCUT2D eigenvalue weighted by atomic mass is 79.9. The van der Waals surface area contributed by atoms with Crippen molar-refractivity contribution in [1.29, 1.82) is 0 Å². The lowest BCUT2D eigenvalue weighted by molar-refractivity contribution is -0.122. The Balaban J connectivity index is 2.66. The van der Waals surface area contributed by atoms with Crippen LogP contribution in [0.1, 0.15) is 32.3 Å². The van der Waals surface area contributed by atoms with E-state index in [0.717, 1.165) is 18.2 Å². The number of hydrogen-bond acceptors (Lipinski definition) is 1. The van der Waals surface area contributed by atoms with Crippen LogP contribution < -0.4 is 5.32 Å². The van der Waals surface area contributed by atoms with Crippen molar-refractivity contribution in [2.75, 3.05) is 5.33 Å². The Hall–Kier alpha value is -0.900. The maximum Gasteiger partial charge on any atom is 0.224 e. The number of halogens is 2. The Labute approximate surface area is 116 Å². The van der Waals surface area contributed by atoms with E-state index in [9.17, 15) is 9.18 Å². The lowest BCUT2D eigenvalue weighted by Crippen LogP contribution is -2.49. The van der Waals surface area contributed by atoms with Crippen LogP contribution in [0.5, 0.6) is 0 Å². The summed E-state index contributed by atoms with van der Waals surface area (Å²) in [6.45, 7) is 4.10. The molecule has 1 aromatic rings. The molecule has 0 atom stereocenters. The normalized spacial score (nSPS) is 11.3. The predicted molar refractivity (Wildman–Crippen MR) is 75.4 cm³/mol. The fourth-order valence-electron chi connectivity index (χ4n) is 1.82. The summed E-state index contributed by atoms with van der Waals surface area (Å²) in [4.78, 5) is 12.0. The van der Waals surface area contributed by atoms with Crippen LogP contribution in [0.3, 0.4) is 0 Å². The summed E-state index contributed by atoms with van der Waals surface area (Å²) in [5.41, 5.74) is 0.493. The van der Waals surface area contributed by atoms with Crippen LogP contribution in [0.4, 0.5) is 4.39 Å². The van der Waals surface area contributed by atoms with Crippen molar-refractivity contribution >= 4 is 21.8 Å². The van der Waals surface area contributed by atoms with Crippen molar-refractivity contribution in [2.45, 2.75) is 38.6 Å². The summed E-state index contributed by atoms with van der Waals surface area (Å²) in [6, 6.07) is 6.15. The monoisotopic (exact) mass is 315 g/mol. The topological polar surface area (TPSA) is 29.1 Å². The van der Waals surface area contributed by atoms with E-state index in [0.29, 0.717) is 5.56 Å². The minimum Gasteiger partial charge on any atom is -0.350 e. The maximum absolute atomic E-state index is 13.0. The van der Waals surface area contributed by atoms with Crippen LogP contribution >= 0.6 is 15.9 Å². The molecule has 0 heterocycles. The molecule has 0 aliphatic heterocycles. The van der Waals surface area contributed by atoms with Crippen molar-refractivity contribution in [3.63, 3.8) is 0 Å². The van der Waals surface area contributed by atoms with Gasteiger partial charge in [-0.2, -0.15) is 0 Å². The molecule has 0 saturated carbocycles. The van der Waals surface area contributed by atoms with E-state index in [2.05, 4.69) is 21.2 Å². The number of nitrogens with one attached hydrogen (secondary N) is 1. The van der Waals surface area contributed by atoms with Crippen molar-refractivity contribution < 1.29 is 9.18 Å². The van der Waals surface area contributed by atoms with E-state index in [-0.39, 0.29) is 23.7 Å². The average molecular weight is 316 g/mol. The number of benzene rings is 1. The zero-order valence-electron chi connectivity index (χ0n) is 10.8. The molecule has 0 aromatic heterocycles. The van der Waals surface area contributed by atoms with Crippen LogP contribution in [0.15, 0.2) is 24.3 Å². The van der Waals surface area contributed by atoms with Gasteiger partial charge in [-0.15, -0.1) is 0 Å². The third kappa shape index (κ3) is 4.09. The van der Waals surface area contributed by atoms with Gasteiger partial charge in [0.15, 0.2) is 0 Å². The van der Waals surface area contributed by atoms with Gasteiger partial charge in [0.25, 0.3) is 0 Å². The van der Waals surface area contributed by atoms with Crippen LogP contribution in [0.25, 0.3) is 0 Å². The fourth-order valence-corrected chi connectivity index (χ4v) is 2.75. The van der Waals surface area contributed by atoms with Crippen LogP contribution in [-0.4, -0.2) is 16.8 Å². The highest BCUT2D eigenvalue weighted by molar-refractivity contribution is 9.09. The number of hydrogen-bond donors (Lipinski definition) is 1. The third-order valence-electron chi connectivity index (χ3n) is 3.27. The van der Waals surface area contributed by atoms with Crippen molar-refractivity contribution in [3.05, 3.63) is 35.6 Å². The van der Waals surface area contributed by atoms with E-state index >= 15 is 0 Å². The molecule has 0 spiro atoms. The van der Waals surface area contributed by atoms with Gasteiger partial charge in [0.05, 0.1) is 6.42 Å². The van der Waals surface area contributed by atoms with Crippen molar-refractivity contribution in [1.82, 2.24) is 5.32 Å². The zero-order valence-corrected chi connectivity index (χ0v) is 12.4. The second-order valence-corrected chi connectivity index (χ2v) is 5.04. The van der Waals surface area contributed by atoms with E-state index in [1.807, 2.05) is 13.8 Å². The molecule has 0 aliphatic rings. The van der Waals surface area contributed by atoms with Gasteiger partial charge in [0, 0.05) is 10.9 Å². The number of rotatable bonds is 6. The molecule has 100 valence electrons. The summed E-state index contributed by atoms with van der Waals surface area (Å²) < 4.78 is 13.0. The quantitative estimate of drug-likeness (QED) is 0.800. The lowest BCUT2D eigenvalue weighted by atomic mass is 9.95. The standard InChI is InChI=1S/C14H19BrFNO/c1-3-14(4-2,10-15)17-13(18)9-11-6-5-7-12(16)8-11/h5-8H,3-4,9-10H2,1-2H3,(H,17,18). The van der Waals surface area contributed by atoms with Crippen molar-refractivity contribution in [2.24, 2.45) is 0 Å². The van der Waals surface area contributed by atoms with E-state index in [4.69, 9.17) is 0 Å². The van der Waals surface area contributed by atoms with Crippen LogP contribution in [-0.2, 0) is 11.2 Å². The zero-order chi connectivity index (χ0) is 13.6. The molecule has 4 heteroatoms. The number of alkyl halides is 1. The summed E-state index contributed by atoms with van der Waals surface area (Å²) in [7, 11) is 0. The Morgan fingerprint density at radius 2 is 2.06 bits per heavy atom. The molecule has 0 unspecified atom stereocenters. The number of carbonyl (C=O) groups is 1. The van der Waals surface area contributed by atoms with Gasteiger partial charge in [-0.1, -0.05) is 41.9 Å². The molecule has 0 saturated heterocycles. The molecule has 1 aromatic carbocycles. The molecule has 0 aliphatic carbocycles. The highest BCUT2D eigenvalue weighted by Gasteiger charge is 2.26. The molecule has 1 amide bonds. The second kappa shape index (κ2) is 6.88. The summed E-state index contributed by atoms with van der Waals surface area (Å²) in [6.07, 6.45) is 1.94. The Morgan fingerprint density at radius 3 is 2.56 bits per heavy atom. The van der Waals surface area contributed by atoms with Gasteiger partial charge in [-0.3, -0.25) is 4.79 Å². The smallest absolute Gasteiger partial charge is 0.224 e. The first kappa shape index (κ1) is 15.2. The van der Waals surface area contributed by atoms with Gasteiger partial charge in [0.1, 0.15) is 5.82 Å². The predicted octanol–water partition coefficient (Wildman–Crippen LogP) is 3.44. The second-order valence-electron chi connectivity index (χ2n) is 4.48. The van der Waals surface area contributed by atoms with E-state index < -0.39 is 0 Å². The summed E-state index contributed by atoms with van der Waals surface area (Å²) >= 11 is 3.44. The lowest BCUT2D eigenvalue weighted by Gasteiger charge is -2.31. The average Bonchev–Trinajstić information content (AvgIpc) is 2.36. The summed E-state index contributed by atoms with van der Waals surface area (Å²) in [5.74, 6) is -0.373. The summed E-state index contributed by atoms with van der Waals surface area (Å²) in [5, 5.41) is 3.76. The number of carbonyl (C=O) groups excluding carboxylic acids is 1. The van der Waals surface area contributed by atoms with Gasteiger partial charge < -0.3 is 5.32 Å². The fraction of sp³-hybridized carbons (Fsp3) is 0.500. The molecular formula is C14H19BrFNO. The van der Waals surface area contributed by atoms with E-state index in [1.165, 1.54) is 12.1 Å². The molecule has 0 radical (unpaired) electrons. The Bertz CT molecular complexity index is 396. The first-order valence-electron chi connectivity index (χ1n) is 6.16. The highest BCUT2D eigenvalue weighted by Crippen LogP contribution is 2.18. The molecule has 2 nitrogen and oxygen atoms in total. The minimum absolute atomic E-state index is 0.0660. The number of amides is 1. The Morgan fingerprint density at radius 1 is 1.39 bits per heavy atom. The first-order valence-corrected chi connectivity index (χ1v) is 7.29. The molecule has 0 fully saturated rings. The van der Waals surface area contributed by atoms with Crippen LogP contribution in [0.2, 0.25) is 0 Å². The molecular weight excluding hydrogens is 297 g/mol. The van der Waals surface area contributed by atoms with Gasteiger partial charge >= 0.3 is 0 Å². The maximum atomic E-state index is 13.0. The van der Waals surface area contributed by atoms with Crippen LogP contribution in [0, 0.1) is 5.82 Å². The van der Waals surface area contributed by atoms with E-state index in [1.54, 1.807) is 12.1 Å². The molecule has 1 N–H and O–H groups in total.